The molecule has 2 heterocycles. The highest BCUT2D eigenvalue weighted by Gasteiger charge is 2.14. The molecule has 3 aromatic rings. The number of hydrogen-bond donors (Lipinski definition) is 1. The van der Waals surface area contributed by atoms with Crippen molar-refractivity contribution >= 4 is 16.9 Å². The molecule has 1 aromatic carbocycles. The number of amides is 1. The number of aryl methyl sites for hydroxylation is 2. The lowest BCUT2D eigenvalue weighted by Gasteiger charge is -2.14. The molecule has 0 radical (unpaired) electrons. The molecule has 1 N–H and O–H groups in total. The SMILES string of the molecule is Cc1cc(=O)oc2c(C)c(OCC(=O)N[C@H](C)c3ccco3)ccc12. The third kappa shape index (κ3) is 3.57. The van der Waals surface area contributed by atoms with Gasteiger partial charge in [0.25, 0.3) is 5.91 Å². The quantitative estimate of drug-likeness (QED) is 0.720. The first-order valence-electron chi connectivity index (χ1n) is 7.95. The number of fused-ring (bicyclic) bond motifs is 1. The van der Waals surface area contributed by atoms with Crippen molar-refractivity contribution in [2.45, 2.75) is 26.8 Å². The van der Waals surface area contributed by atoms with Gasteiger partial charge in [0, 0.05) is 17.0 Å². The van der Waals surface area contributed by atoms with Gasteiger partial charge >= 0.3 is 5.63 Å². The fraction of sp³-hybridized carbons (Fsp3) is 0.263. The number of carbonyl (C=O) groups is 1. The zero-order valence-electron chi connectivity index (χ0n) is 14.3. The Labute approximate surface area is 144 Å². The summed E-state index contributed by atoms with van der Waals surface area (Å²) < 4.78 is 16.1. The summed E-state index contributed by atoms with van der Waals surface area (Å²) in [4.78, 5) is 23.6. The third-order valence-corrected chi connectivity index (χ3v) is 4.02. The van der Waals surface area contributed by atoms with Crippen LogP contribution in [0.15, 0.2) is 50.2 Å². The number of furan rings is 1. The van der Waals surface area contributed by atoms with E-state index in [2.05, 4.69) is 5.32 Å². The molecule has 2 aromatic heterocycles. The van der Waals surface area contributed by atoms with E-state index in [-0.39, 0.29) is 18.6 Å². The molecule has 0 aliphatic heterocycles. The summed E-state index contributed by atoms with van der Waals surface area (Å²) in [5, 5.41) is 3.64. The van der Waals surface area contributed by atoms with E-state index in [1.807, 2.05) is 19.9 Å². The van der Waals surface area contributed by atoms with Crippen molar-refractivity contribution in [1.82, 2.24) is 5.32 Å². The second kappa shape index (κ2) is 6.84. The van der Waals surface area contributed by atoms with Crippen molar-refractivity contribution in [1.29, 1.82) is 0 Å². The smallest absolute Gasteiger partial charge is 0.336 e. The highest BCUT2D eigenvalue weighted by atomic mass is 16.5. The Morgan fingerprint density at radius 3 is 2.80 bits per heavy atom. The van der Waals surface area contributed by atoms with E-state index in [4.69, 9.17) is 13.6 Å². The van der Waals surface area contributed by atoms with Gasteiger partial charge < -0.3 is 18.9 Å². The van der Waals surface area contributed by atoms with Gasteiger partial charge in [0.1, 0.15) is 17.1 Å². The molecule has 0 saturated carbocycles. The van der Waals surface area contributed by atoms with E-state index in [1.165, 1.54) is 6.07 Å². The molecule has 0 unspecified atom stereocenters. The van der Waals surface area contributed by atoms with Crippen LogP contribution >= 0.6 is 0 Å². The third-order valence-electron chi connectivity index (χ3n) is 4.02. The molecule has 6 nitrogen and oxygen atoms in total. The van der Waals surface area contributed by atoms with Gasteiger partial charge in [-0.25, -0.2) is 4.79 Å². The van der Waals surface area contributed by atoms with E-state index in [0.717, 1.165) is 10.9 Å². The number of carbonyl (C=O) groups excluding carboxylic acids is 1. The van der Waals surface area contributed by atoms with Crippen LogP contribution in [0.25, 0.3) is 11.0 Å². The minimum absolute atomic E-state index is 0.145. The number of benzene rings is 1. The summed E-state index contributed by atoms with van der Waals surface area (Å²) in [6, 6.07) is 8.36. The van der Waals surface area contributed by atoms with Gasteiger partial charge in [0.2, 0.25) is 0 Å². The lowest BCUT2D eigenvalue weighted by Crippen LogP contribution is -2.31. The zero-order chi connectivity index (χ0) is 18.0. The lowest BCUT2D eigenvalue weighted by molar-refractivity contribution is -0.123. The van der Waals surface area contributed by atoms with Gasteiger partial charge in [-0.05, 0) is 50.6 Å². The predicted octanol–water partition coefficient (Wildman–Crippen LogP) is 3.26. The van der Waals surface area contributed by atoms with Crippen LogP contribution < -0.4 is 15.7 Å². The molecule has 130 valence electrons. The first-order valence-corrected chi connectivity index (χ1v) is 7.95. The van der Waals surface area contributed by atoms with Crippen LogP contribution in [0, 0.1) is 13.8 Å². The van der Waals surface area contributed by atoms with Gasteiger partial charge in [0.15, 0.2) is 6.61 Å². The van der Waals surface area contributed by atoms with Gasteiger partial charge in [-0.1, -0.05) is 0 Å². The first kappa shape index (κ1) is 16.8. The standard InChI is InChI=1S/C19H19NO5/c1-11-9-18(22)25-19-12(2)15(7-6-14(11)19)24-10-17(21)20-13(3)16-5-4-8-23-16/h4-9,13H,10H2,1-3H3,(H,20,21)/t13-/m1/s1. The Morgan fingerprint density at radius 2 is 2.08 bits per heavy atom. The monoisotopic (exact) mass is 341 g/mol. The summed E-state index contributed by atoms with van der Waals surface area (Å²) in [5.41, 5.74) is 1.60. The van der Waals surface area contributed by atoms with E-state index in [9.17, 15) is 9.59 Å². The van der Waals surface area contributed by atoms with Crippen molar-refractivity contribution in [3.05, 3.63) is 63.9 Å². The summed E-state index contributed by atoms with van der Waals surface area (Å²) >= 11 is 0. The van der Waals surface area contributed by atoms with Crippen LogP contribution in [-0.4, -0.2) is 12.5 Å². The Balaban J connectivity index is 1.72. The summed E-state index contributed by atoms with van der Waals surface area (Å²) in [6.07, 6.45) is 1.56. The topological polar surface area (TPSA) is 81.7 Å². The fourth-order valence-corrected chi connectivity index (χ4v) is 2.69. The van der Waals surface area contributed by atoms with Crippen LogP contribution in [0.4, 0.5) is 0 Å². The Kier molecular flexibility index (Phi) is 4.61. The van der Waals surface area contributed by atoms with Crippen LogP contribution in [0.3, 0.4) is 0 Å². The van der Waals surface area contributed by atoms with Crippen molar-refractivity contribution in [2.75, 3.05) is 6.61 Å². The molecule has 3 rings (SSSR count). The highest BCUT2D eigenvalue weighted by molar-refractivity contribution is 5.85. The van der Waals surface area contributed by atoms with Crippen molar-refractivity contribution < 1.29 is 18.4 Å². The van der Waals surface area contributed by atoms with E-state index < -0.39 is 5.63 Å². The fourth-order valence-electron chi connectivity index (χ4n) is 2.69. The predicted molar refractivity (Wildman–Crippen MR) is 92.7 cm³/mol. The minimum atomic E-state index is -0.407. The normalized spacial score (nSPS) is 12.1. The van der Waals surface area contributed by atoms with Gasteiger partial charge in [-0.3, -0.25) is 4.79 Å². The molecule has 1 amide bonds. The van der Waals surface area contributed by atoms with Gasteiger partial charge in [-0.15, -0.1) is 0 Å². The summed E-state index contributed by atoms with van der Waals surface area (Å²) in [6.45, 7) is 5.33. The molecule has 0 spiro atoms. The number of hydrogen-bond acceptors (Lipinski definition) is 5. The molecule has 0 fully saturated rings. The molecule has 6 heteroatoms. The maximum absolute atomic E-state index is 12.1. The molecule has 0 aliphatic rings. The largest absolute Gasteiger partial charge is 0.483 e. The Bertz CT molecular complexity index is 956. The minimum Gasteiger partial charge on any atom is -0.483 e. The maximum atomic E-state index is 12.1. The summed E-state index contributed by atoms with van der Waals surface area (Å²) in [5.74, 6) is 0.906. The zero-order valence-corrected chi connectivity index (χ0v) is 14.3. The number of rotatable bonds is 5. The van der Waals surface area contributed by atoms with Crippen LogP contribution in [0.5, 0.6) is 5.75 Å². The number of nitrogens with one attached hydrogen (secondary N) is 1. The lowest BCUT2D eigenvalue weighted by atomic mass is 10.1. The van der Waals surface area contributed by atoms with Gasteiger partial charge in [0.05, 0.1) is 12.3 Å². The molecular weight excluding hydrogens is 322 g/mol. The van der Waals surface area contributed by atoms with Crippen molar-refractivity contribution in [3.63, 3.8) is 0 Å². The Hall–Kier alpha value is -3.02. The molecule has 0 bridgehead atoms. The summed E-state index contributed by atoms with van der Waals surface area (Å²) in [7, 11) is 0. The first-order chi connectivity index (χ1) is 12.0. The van der Waals surface area contributed by atoms with Crippen LogP contribution in [-0.2, 0) is 4.79 Å². The maximum Gasteiger partial charge on any atom is 0.336 e. The van der Waals surface area contributed by atoms with E-state index >= 15 is 0 Å². The van der Waals surface area contributed by atoms with Gasteiger partial charge in [-0.2, -0.15) is 0 Å². The molecule has 1 atom stereocenters. The second-order valence-electron chi connectivity index (χ2n) is 5.91. The molecule has 0 aliphatic carbocycles. The average molecular weight is 341 g/mol. The Morgan fingerprint density at radius 1 is 1.28 bits per heavy atom. The highest BCUT2D eigenvalue weighted by Crippen LogP contribution is 2.28. The van der Waals surface area contributed by atoms with E-state index in [1.54, 1.807) is 31.4 Å². The number of ether oxygens (including phenoxy) is 1. The van der Waals surface area contributed by atoms with Crippen LogP contribution in [0.2, 0.25) is 0 Å². The van der Waals surface area contributed by atoms with E-state index in [0.29, 0.717) is 22.7 Å². The average Bonchev–Trinajstić information content (AvgIpc) is 3.09. The van der Waals surface area contributed by atoms with Crippen LogP contribution in [0.1, 0.15) is 29.9 Å². The van der Waals surface area contributed by atoms with Crippen molar-refractivity contribution in [3.8, 4) is 5.75 Å². The molecule has 25 heavy (non-hydrogen) atoms. The second-order valence-corrected chi connectivity index (χ2v) is 5.91. The molecular formula is C19H19NO5. The molecule has 0 saturated heterocycles. The van der Waals surface area contributed by atoms with Crippen molar-refractivity contribution in [2.24, 2.45) is 0 Å².